The third-order valence-corrected chi connectivity index (χ3v) is 4.45. The van der Waals surface area contributed by atoms with E-state index in [9.17, 15) is 4.91 Å². The van der Waals surface area contributed by atoms with Crippen LogP contribution in [0.5, 0.6) is 5.75 Å². The number of hydrogen-bond acceptors (Lipinski definition) is 3. The molecule has 2 unspecified atom stereocenters. The smallest absolute Gasteiger partial charge is 0.120 e. The zero-order valence-electron chi connectivity index (χ0n) is 12.7. The summed E-state index contributed by atoms with van der Waals surface area (Å²) in [6.45, 7) is 1.05. The Hall–Kier alpha value is -2.16. The highest BCUT2D eigenvalue weighted by Gasteiger charge is 2.26. The maximum absolute atomic E-state index is 10.4. The van der Waals surface area contributed by atoms with Crippen molar-refractivity contribution in [2.75, 3.05) is 6.54 Å². The fourth-order valence-electron chi connectivity index (χ4n) is 3.25. The first-order valence-electron chi connectivity index (χ1n) is 7.91. The molecule has 1 fully saturated rings. The molecule has 0 bridgehead atoms. The summed E-state index contributed by atoms with van der Waals surface area (Å²) in [5.74, 6) is 1.90. The van der Waals surface area contributed by atoms with Crippen molar-refractivity contribution in [1.29, 1.82) is 0 Å². The summed E-state index contributed by atoms with van der Waals surface area (Å²) in [4.78, 5) is 10.4. The first-order valence-corrected chi connectivity index (χ1v) is 7.91. The summed E-state index contributed by atoms with van der Waals surface area (Å²) in [6, 6.07) is 18.6. The van der Waals surface area contributed by atoms with Crippen LogP contribution in [0.2, 0.25) is 0 Å². The second-order valence-corrected chi connectivity index (χ2v) is 6.03. The van der Waals surface area contributed by atoms with Crippen LogP contribution in [0, 0.1) is 10.8 Å². The molecule has 0 N–H and O–H groups in total. The van der Waals surface area contributed by atoms with Gasteiger partial charge in [-0.2, -0.15) is 4.91 Å². The lowest BCUT2D eigenvalue weighted by Gasteiger charge is -2.13. The molecule has 3 heteroatoms. The fourth-order valence-corrected chi connectivity index (χ4v) is 3.25. The Balaban J connectivity index is 1.62. The van der Waals surface area contributed by atoms with Crippen molar-refractivity contribution < 1.29 is 4.74 Å². The summed E-state index contributed by atoms with van der Waals surface area (Å²) in [5.41, 5.74) is 2.49. The highest BCUT2D eigenvalue weighted by atomic mass is 16.5. The summed E-state index contributed by atoms with van der Waals surface area (Å²) in [5, 5.41) is 3.05. The summed E-state index contributed by atoms with van der Waals surface area (Å²) in [6.07, 6.45) is 3.31. The number of nitroso groups, excluding NO2 is 1. The van der Waals surface area contributed by atoms with Crippen molar-refractivity contribution in [3.05, 3.63) is 70.6 Å². The summed E-state index contributed by atoms with van der Waals surface area (Å²) in [7, 11) is 0. The van der Waals surface area contributed by atoms with Crippen molar-refractivity contribution in [3.8, 4) is 5.75 Å². The van der Waals surface area contributed by atoms with Gasteiger partial charge in [0.15, 0.2) is 0 Å². The van der Waals surface area contributed by atoms with Gasteiger partial charge in [0.1, 0.15) is 12.4 Å². The molecule has 3 rings (SSSR count). The second-order valence-electron chi connectivity index (χ2n) is 6.03. The van der Waals surface area contributed by atoms with Gasteiger partial charge in [0.25, 0.3) is 0 Å². The van der Waals surface area contributed by atoms with Gasteiger partial charge >= 0.3 is 0 Å². The Kier molecular flexibility index (Phi) is 4.84. The highest BCUT2D eigenvalue weighted by Crippen LogP contribution is 2.39. The molecule has 0 aliphatic heterocycles. The van der Waals surface area contributed by atoms with Crippen LogP contribution in [0.15, 0.2) is 59.8 Å². The molecule has 1 aliphatic rings. The van der Waals surface area contributed by atoms with Crippen molar-refractivity contribution >= 4 is 0 Å². The van der Waals surface area contributed by atoms with E-state index in [1.807, 2.05) is 24.3 Å². The first-order chi connectivity index (χ1) is 10.8. The third-order valence-electron chi connectivity index (χ3n) is 4.45. The Bertz CT molecular complexity index is 612. The Morgan fingerprint density at radius 3 is 2.73 bits per heavy atom. The Labute approximate surface area is 131 Å². The largest absolute Gasteiger partial charge is 0.489 e. The number of rotatable bonds is 6. The average Bonchev–Trinajstić information content (AvgIpc) is 3.03. The molecule has 2 atom stereocenters. The number of benzene rings is 2. The predicted molar refractivity (Wildman–Crippen MR) is 88.0 cm³/mol. The number of ether oxygens (including phenoxy) is 1. The Morgan fingerprint density at radius 2 is 1.91 bits per heavy atom. The maximum Gasteiger partial charge on any atom is 0.120 e. The lowest BCUT2D eigenvalue weighted by molar-refractivity contribution is 0.305. The van der Waals surface area contributed by atoms with E-state index in [1.54, 1.807) is 0 Å². The van der Waals surface area contributed by atoms with Gasteiger partial charge in [-0.1, -0.05) is 47.6 Å². The van der Waals surface area contributed by atoms with Crippen LogP contribution < -0.4 is 4.74 Å². The van der Waals surface area contributed by atoms with Crippen molar-refractivity contribution in [2.24, 2.45) is 11.1 Å². The van der Waals surface area contributed by atoms with E-state index in [4.69, 9.17) is 4.74 Å². The van der Waals surface area contributed by atoms with Crippen LogP contribution >= 0.6 is 0 Å². The van der Waals surface area contributed by atoms with E-state index in [0.29, 0.717) is 25.0 Å². The molecule has 1 saturated carbocycles. The van der Waals surface area contributed by atoms with Crippen LogP contribution in [0.25, 0.3) is 0 Å². The minimum Gasteiger partial charge on any atom is -0.489 e. The van der Waals surface area contributed by atoms with Crippen LogP contribution in [0.4, 0.5) is 0 Å². The molecule has 2 aromatic rings. The van der Waals surface area contributed by atoms with Gasteiger partial charge in [-0.3, -0.25) is 0 Å². The van der Waals surface area contributed by atoms with E-state index in [2.05, 4.69) is 35.5 Å². The molecule has 2 aromatic carbocycles. The monoisotopic (exact) mass is 295 g/mol. The maximum atomic E-state index is 10.4. The molecular weight excluding hydrogens is 274 g/mol. The SMILES string of the molecule is O=NCC1CCC(c2cccc(OCc3ccccc3)c2)C1. The lowest BCUT2D eigenvalue weighted by atomic mass is 9.96. The first kappa shape index (κ1) is 14.8. The van der Waals surface area contributed by atoms with Gasteiger partial charge < -0.3 is 4.74 Å². The molecule has 114 valence electrons. The van der Waals surface area contributed by atoms with E-state index in [-0.39, 0.29) is 0 Å². The van der Waals surface area contributed by atoms with E-state index in [0.717, 1.165) is 25.0 Å². The predicted octanol–water partition coefficient (Wildman–Crippen LogP) is 4.92. The van der Waals surface area contributed by atoms with Gasteiger partial charge in [0, 0.05) is 0 Å². The van der Waals surface area contributed by atoms with Gasteiger partial charge in [-0.05, 0) is 54.4 Å². The molecule has 0 amide bonds. The average molecular weight is 295 g/mol. The summed E-state index contributed by atoms with van der Waals surface area (Å²) < 4.78 is 5.90. The van der Waals surface area contributed by atoms with Crippen LogP contribution in [0.1, 0.15) is 36.3 Å². The minimum atomic E-state index is 0.455. The molecule has 0 saturated heterocycles. The number of nitrogens with zero attached hydrogens (tertiary/aromatic N) is 1. The van der Waals surface area contributed by atoms with E-state index >= 15 is 0 Å². The molecule has 0 spiro atoms. The quantitative estimate of drug-likeness (QED) is 0.710. The highest BCUT2D eigenvalue weighted by molar-refractivity contribution is 5.31. The summed E-state index contributed by atoms with van der Waals surface area (Å²) >= 11 is 0. The zero-order chi connectivity index (χ0) is 15.2. The molecule has 0 heterocycles. The third kappa shape index (κ3) is 3.73. The van der Waals surface area contributed by atoms with Gasteiger partial charge in [-0.15, -0.1) is 0 Å². The van der Waals surface area contributed by atoms with Gasteiger partial charge in [0.05, 0.1) is 6.54 Å². The van der Waals surface area contributed by atoms with Crippen LogP contribution in [-0.2, 0) is 6.61 Å². The topological polar surface area (TPSA) is 38.7 Å². The molecule has 22 heavy (non-hydrogen) atoms. The molecule has 0 radical (unpaired) electrons. The molecule has 0 aromatic heterocycles. The minimum absolute atomic E-state index is 0.455. The van der Waals surface area contributed by atoms with Gasteiger partial charge in [0.2, 0.25) is 0 Å². The number of hydrogen-bond donors (Lipinski definition) is 0. The zero-order valence-corrected chi connectivity index (χ0v) is 12.7. The molecule has 3 nitrogen and oxygen atoms in total. The van der Waals surface area contributed by atoms with Crippen LogP contribution in [0.3, 0.4) is 0 Å². The van der Waals surface area contributed by atoms with Crippen molar-refractivity contribution in [3.63, 3.8) is 0 Å². The normalized spacial score (nSPS) is 20.7. The molecular formula is C19H21NO2. The van der Waals surface area contributed by atoms with Crippen molar-refractivity contribution in [2.45, 2.75) is 31.8 Å². The standard InChI is InChI=1S/C19H21NO2/c21-20-13-16-9-10-18(11-16)17-7-4-8-19(12-17)22-14-15-5-2-1-3-6-15/h1-8,12,16,18H,9-11,13-14H2. The lowest BCUT2D eigenvalue weighted by Crippen LogP contribution is -2.00. The second kappa shape index (κ2) is 7.21. The molecule has 1 aliphatic carbocycles. The van der Waals surface area contributed by atoms with E-state index < -0.39 is 0 Å². The fraction of sp³-hybridized carbons (Fsp3) is 0.368. The van der Waals surface area contributed by atoms with Crippen LogP contribution in [-0.4, -0.2) is 6.54 Å². The van der Waals surface area contributed by atoms with Gasteiger partial charge in [-0.25, -0.2) is 0 Å². The Morgan fingerprint density at radius 1 is 1.05 bits per heavy atom. The van der Waals surface area contributed by atoms with Crippen molar-refractivity contribution in [1.82, 2.24) is 0 Å². The van der Waals surface area contributed by atoms with E-state index in [1.165, 1.54) is 11.1 Å².